The Balaban J connectivity index is 1.91. The monoisotopic (exact) mass is 276 g/mol. The summed E-state index contributed by atoms with van der Waals surface area (Å²) in [6.07, 6.45) is 0.363. The van der Waals surface area contributed by atoms with Crippen molar-refractivity contribution in [2.45, 2.75) is 12.5 Å². The van der Waals surface area contributed by atoms with E-state index >= 15 is 0 Å². The largest absolute Gasteiger partial charge is 0.480 e. The summed E-state index contributed by atoms with van der Waals surface area (Å²) in [6.45, 7) is 2.01. The minimum absolute atomic E-state index is 0.245. The van der Waals surface area contributed by atoms with Crippen molar-refractivity contribution < 1.29 is 19.4 Å². The summed E-state index contributed by atoms with van der Waals surface area (Å²) < 4.78 is 5.23. The van der Waals surface area contributed by atoms with E-state index in [1.807, 2.05) is 18.2 Å². The van der Waals surface area contributed by atoms with Crippen molar-refractivity contribution in [1.82, 2.24) is 4.90 Å². The number of fused-ring (bicyclic) bond motifs is 1. The number of ether oxygens (including phenoxy) is 1. The second-order valence-electron chi connectivity index (χ2n) is 4.94. The predicted molar refractivity (Wildman–Crippen MR) is 71.8 cm³/mol. The van der Waals surface area contributed by atoms with Crippen molar-refractivity contribution in [2.24, 2.45) is 0 Å². The van der Waals surface area contributed by atoms with E-state index in [1.54, 1.807) is 11.0 Å². The molecule has 2 amide bonds. The average Bonchev–Trinajstić information content (AvgIpc) is 2.87. The number of carboxylic acids is 1. The van der Waals surface area contributed by atoms with E-state index in [-0.39, 0.29) is 6.03 Å². The molecule has 1 aromatic carbocycles. The molecule has 3 rings (SSSR count). The van der Waals surface area contributed by atoms with Crippen LogP contribution in [0, 0.1) is 0 Å². The lowest BCUT2D eigenvalue weighted by molar-refractivity contribution is -0.138. The van der Waals surface area contributed by atoms with E-state index in [4.69, 9.17) is 4.74 Å². The maximum atomic E-state index is 12.6. The molecule has 0 unspecified atom stereocenters. The number of rotatable bonds is 1. The number of morpholine rings is 1. The van der Waals surface area contributed by atoms with Gasteiger partial charge in [-0.2, -0.15) is 0 Å². The Hall–Kier alpha value is -2.08. The molecule has 1 saturated heterocycles. The van der Waals surface area contributed by atoms with Crippen LogP contribution in [-0.4, -0.2) is 54.4 Å². The van der Waals surface area contributed by atoms with Crippen molar-refractivity contribution in [3.8, 4) is 0 Å². The van der Waals surface area contributed by atoms with Crippen molar-refractivity contribution in [2.75, 3.05) is 31.2 Å². The van der Waals surface area contributed by atoms with E-state index < -0.39 is 12.0 Å². The molecule has 0 aromatic heterocycles. The van der Waals surface area contributed by atoms with Crippen molar-refractivity contribution in [1.29, 1.82) is 0 Å². The SMILES string of the molecule is O=C(O)[C@@H]1Cc2ccccc2N1C(=O)N1CCOCC1. The van der Waals surface area contributed by atoms with Crippen LogP contribution in [0.5, 0.6) is 0 Å². The number of hydrogen-bond acceptors (Lipinski definition) is 3. The fourth-order valence-corrected chi connectivity index (χ4v) is 2.73. The number of anilines is 1. The van der Waals surface area contributed by atoms with Gasteiger partial charge in [0.2, 0.25) is 0 Å². The number of aliphatic carboxylic acids is 1. The van der Waals surface area contributed by atoms with Gasteiger partial charge in [-0.1, -0.05) is 18.2 Å². The summed E-state index contributed by atoms with van der Waals surface area (Å²) >= 11 is 0. The number of hydrogen-bond donors (Lipinski definition) is 1. The highest BCUT2D eigenvalue weighted by Crippen LogP contribution is 2.33. The highest BCUT2D eigenvalue weighted by molar-refractivity contribution is 6.01. The second-order valence-corrected chi connectivity index (χ2v) is 4.94. The van der Waals surface area contributed by atoms with E-state index in [0.717, 1.165) is 5.56 Å². The molecule has 1 fully saturated rings. The molecule has 1 aromatic rings. The van der Waals surface area contributed by atoms with Gasteiger partial charge in [0, 0.05) is 25.2 Å². The topological polar surface area (TPSA) is 70.1 Å². The lowest BCUT2D eigenvalue weighted by Crippen LogP contribution is -2.52. The molecule has 0 aliphatic carbocycles. The Morgan fingerprint density at radius 2 is 1.90 bits per heavy atom. The fraction of sp³-hybridized carbons (Fsp3) is 0.429. The third-order valence-electron chi connectivity index (χ3n) is 3.75. The lowest BCUT2D eigenvalue weighted by atomic mass is 10.1. The van der Waals surface area contributed by atoms with E-state index in [0.29, 0.717) is 38.4 Å². The molecule has 0 saturated carbocycles. The predicted octanol–water partition coefficient (Wildman–Crippen LogP) is 0.955. The molecular formula is C14H16N2O4. The zero-order valence-corrected chi connectivity index (χ0v) is 11.0. The maximum absolute atomic E-state index is 12.6. The van der Waals surface area contributed by atoms with Gasteiger partial charge >= 0.3 is 12.0 Å². The van der Waals surface area contributed by atoms with Crippen LogP contribution in [0.15, 0.2) is 24.3 Å². The highest BCUT2D eigenvalue weighted by Gasteiger charge is 2.40. The van der Waals surface area contributed by atoms with E-state index in [2.05, 4.69) is 0 Å². The van der Waals surface area contributed by atoms with Crippen LogP contribution in [0.2, 0.25) is 0 Å². The van der Waals surface area contributed by atoms with Gasteiger partial charge in [0.1, 0.15) is 6.04 Å². The van der Waals surface area contributed by atoms with Gasteiger partial charge in [-0.05, 0) is 11.6 Å². The average molecular weight is 276 g/mol. The number of nitrogens with zero attached hydrogens (tertiary/aromatic N) is 2. The van der Waals surface area contributed by atoms with Crippen molar-refractivity contribution in [3.63, 3.8) is 0 Å². The zero-order valence-electron chi connectivity index (χ0n) is 11.0. The highest BCUT2D eigenvalue weighted by atomic mass is 16.5. The molecule has 20 heavy (non-hydrogen) atoms. The maximum Gasteiger partial charge on any atom is 0.327 e. The standard InChI is InChI=1S/C14H16N2O4/c17-13(18)12-9-10-3-1-2-4-11(10)16(12)14(19)15-5-7-20-8-6-15/h1-4,12H,5-9H2,(H,17,18)/t12-/m0/s1. The Kier molecular flexibility index (Phi) is 3.31. The van der Waals surface area contributed by atoms with E-state index in [1.165, 1.54) is 4.90 Å². The summed E-state index contributed by atoms with van der Waals surface area (Å²) in [5, 5.41) is 9.37. The molecule has 6 nitrogen and oxygen atoms in total. The second kappa shape index (κ2) is 5.13. The van der Waals surface area contributed by atoms with Crippen LogP contribution in [0.4, 0.5) is 10.5 Å². The third kappa shape index (κ3) is 2.12. The molecule has 2 heterocycles. The molecule has 1 atom stereocenters. The first-order valence-corrected chi connectivity index (χ1v) is 6.65. The summed E-state index contributed by atoms with van der Waals surface area (Å²) in [4.78, 5) is 27.1. The first-order valence-electron chi connectivity index (χ1n) is 6.65. The number of benzene rings is 1. The Morgan fingerprint density at radius 1 is 1.20 bits per heavy atom. The number of amides is 2. The van der Waals surface area contributed by atoms with E-state index in [9.17, 15) is 14.7 Å². The van der Waals surface area contributed by atoms with Gasteiger partial charge in [0.05, 0.1) is 13.2 Å². The first kappa shape index (κ1) is 12.9. The number of para-hydroxylation sites is 1. The molecule has 2 aliphatic heterocycles. The quantitative estimate of drug-likeness (QED) is 0.829. The Bertz CT molecular complexity index is 540. The lowest BCUT2D eigenvalue weighted by Gasteiger charge is -2.33. The molecule has 2 aliphatic rings. The normalized spacial score (nSPS) is 21.7. The van der Waals surface area contributed by atoms with Gasteiger partial charge in [-0.15, -0.1) is 0 Å². The van der Waals surface area contributed by atoms with Crippen LogP contribution in [0.3, 0.4) is 0 Å². The molecule has 0 spiro atoms. The van der Waals surface area contributed by atoms with Gasteiger partial charge in [-0.25, -0.2) is 9.59 Å². The van der Waals surface area contributed by atoms with Gasteiger partial charge in [0.25, 0.3) is 0 Å². The molecule has 0 radical (unpaired) electrons. The molecule has 1 N–H and O–H groups in total. The molecule has 0 bridgehead atoms. The Morgan fingerprint density at radius 3 is 2.60 bits per heavy atom. The van der Waals surface area contributed by atoms with Crippen LogP contribution in [0.25, 0.3) is 0 Å². The molecule has 106 valence electrons. The molecular weight excluding hydrogens is 260 g/mol. The summed E-state index contributed by atoms with van der Waals surface area (Å²) in [5.74, 6) is -0.970. The van der Waals surface area contributed by atoms with Crippen molar-refractivity contribution >= 4 is 17.7 Å². The summed E-state index contributed by atoms with van der Waals surface area (Å²) in [5.41, 5.74) is 1.61. The number of carbonyl (C=O) groups is 2. The minimum atomic E-state index is -0.970. The minimum Gasteiger partial charge on any atom is -0.480 e. The molecule has 6 heteroatoms. The van der Waals surface area contributed by atoms with Crippen LogP contribution >= 0.6 is 0 Å². The Labute approximate surface area is 116 Å². The number of carboxylic acid groups (broad SMARTS) is 1. The van der Waals surface area contributed by atoms with Crippen molar-refractivity contribution in [3.05, 3.63) is 29.8 Å². The van der Waals surface area contributed by atoms with Gasteiger partial charge in [-0.3, -0.25) is 4.90 Å². The smallest absolute Gasteiger partial charge is 0.327 e. The fourth-order valence-electron chi connectivity index (χ4n) is 2.73. The zero-order chi connectivity index (χ0) is 14.1. The first-order chi connectivity index (χ1) is 9.68. The third-order valence-corrected chi connectivity index (χ3v) is 3.75. The van der Waals surface area contributed by atoms with Crippen LogP contribution < -0.4 is 4.90 Å². The number of carbonyl (C=O) groups excluding carboxylic acids is 1. The van der Waals surface area contributed by atoms with Crippen LogP contribution in [0.1, 0.15) is 5.56 Å². The number of urea groups is 1. The summed E-state index contributed by atoms with van der Waals surface area (Å²) in [6, 6.07) is 6.30. The summed E-state index contributed by atoms with van der Waals surface area (Å²) in [7, 11) is 0. The van der Waals surface area contributed by atoms with Crippen LogP contribution in [-0.2, 0) is 16.0 Å². The van der Waals surface area contributed by atoms with Gasteiger partial charge < -0.3 is 14.7 Å². The van der Waals surface area contributed by atoms with Gasteiger partial charge in [0.15, 0.2) is 0 Å².